The molecule has 0 aromatic carbocycles. The molecular weight excluding hydrogens is 321 g/mol. The highest BCUT2D eigenvalue weighted by atomic mass is 19.1. The fraction of sp³-hybridized carbons (Fsp3) is 0.474. The molecule has 2 aromatic rings. The number of aromatic hydroxyl groups is 1. The Bertz CT molecular complexity index is 694. The molecule has 0 amide bonds. The van der Waals surface area contributed by atoms with Crippen LogP contribution < -0.4 is 4.74 Å². The van der Waals surface area contributed by atoms with E-state index >= 15 is 0 Å². The van der Waals surface area contributed by atoms with Gasteiger partial charge in [0, 0.05) is 31.7 Å². The zero-order valence-electron chi connectivity index (χ0n) is 14.0. The van der Waals surface area contributed by atoms with Crippen LogP contribution in [0.15, 0.2) is 36.7 Å². The number of ether oxygens (including phenoxy) is 1. The zero-order valence-corrected chi connectivity index (χ0v) is 14.0. The lowest BCUT2D eigenvalue weighted by atomic mass is 10.0. The van der Waals surface area contributed by atoms with Crippen LogP contribution in [-0.2, 0) is 6.42 Å². The first-order chi connectivity index (χ1) is 12.2. The lowest BCUT2D eigenvalue weighted by molar-refractivity contribution is 0.185. The summed E-state index contributed by atoms with van der Waals surface area (Å²) in [4.78, 5) is 10.4. The fourth-order valence-electron chi connectivity index (χ4n) is 4.08. The van der Waals surface area contributed by atoms with Gasteiger partial charge in [-0.05, 0) is 48.9 Å². The summed E-state index contributed by atoms with van der Waals surface area (Å²) in [7, 11) is 0. The van der Waals surface area contributed by atoms with Crippen LogP contribution in [0.3, 0.4) is 0 Å². The number of fused-ring (bicyclic) bond motifs is 1. The molecule has 3 atom stereocenters. The second kappa shape index (κ2) is 6.96. The Morgan fingerprint density at radius 2 is 1.88 bits per heavy atom. The summed E-state index contributed by atoms with van der Waals surface area (Å²) in [6.07, 6.45) is 6.18. The number of likely N-dealkylation sites (tertiary alicyclic amines) is 1. The minimum Gasteiger partial charge on any atom is -0.506 e. The van der Waals surface area contributed by atoms with Crippen LogP contribution in [0, 0.1) is 17.8 Å². The molecule has 1 N–H and O–H groups in total. The van der Waals surface area contributed by atoms with Crippen molar-refractivity contribution in [3.63, 3.8) is 0 Å². The molecule has 2 fully saturated rings. The second-order valence-corrected chi connectivity index (χ2v) is 7.07. The van der Waals surface area contributed by atoms with Crippen LogP contribution in [0.2, 0.25) is 0 Å². The minimum atomic E-state index is -0.477. The number of hydrogen-bond donors (Lipinski definition) is 1. The van der Waals surface area contributed by atoms with Gasteiger partial charge in [-0.1, -0.05) is 0 Å². The van der Waals surface area contributed by atoms with E-state index in [1.165, 1.54) is 18.5 Å². The van der Waals surface area contributed by atoms with Crippen molar-refractivity contribution in [1.29, 1.82) is 0 Å². The van der Waals surface area contributed by atoms with E-state index < -0.39 is 5.95 Å². The van der Waals surface area contributed by atoms with Crippen LogP contribution in [0.5, 0.6) is 11.5 Å². The van der Waals surface area contributed by atoms with Crippen molar-refractivity contribution in [1.82, 2.24) is 14.9 Å². The number of aromatic nitrogens is 2. The van der Waals surface area contributed by atoms with Gasteiger partial charge in [-0.2, -0.15) is 4.39 Å². The molecule has 2 aliphatic rings. The summed E-state index contributed by atoms with van der Waals surface area (Å²) in [5.41, 5.74) is 1.01. The average molecular weight is 343 g/mol. The summed E-state index contributed by atoms with van der Waals surface area (Å²) < 4.78 is 18.8. The monoisotopic (exact) mass is 343 g/mol. The molecule has 3 heterocycles. The van der Waals surface area contributed by atoms with E-state index in [1.807, 2.05) is 6.07 Å². The summed E-state index contributed by atoms with van der Waals surface area (Å²) in [6.45, 7) is 3.20. The second-order valence-electron chi connectivity index (χ2n) is 7.07. The number of nitrogens with zero attached hydrogens (tertiary/aromatic N) is 3. The Balaban J connectivity index is 1.24. The van der Waals surface area contributed by atoms with E-state index in [4.69, 9.17) is 4.74 Å². The van der Waals surface area contributed by atoms with Crippen molar-refractivity contribution in [3.8, 4) is 11.5 Å². The lowest BCUT2D eigenvalue weighted by Crippen LogP contribution is -2.26. The normalized spacial score (nSPS) is 25.9. The molecular formula is C19H22FN3O2. The first-order valence-electron chi connectivity index (χ1n) is 8.80. The lowest BCUT2D eigenvalue weighted by Gasteiger charge is -2.19. The van der Waals surface area contributed by atoms with Crippen molar-refractivity contribution in [2.75, 3.05) is 19.6 Å². The maximum atomic E-state index is 12.9. The third-order valence-corrected chi connectivity index (χ3v) is 5.28. The minimum absolute atomic E-state index is 0.210. The predicted molar refractivity (Wildman–Crippen MR) is 90.9 cm³/mol. The first-order valence-corrected chi connectivity index (χ1v) is 8.80. The molecule has 6 heteroatoms. The van der Waals surface area contributed by atoms with E-state index in [0.29, 0.717) is 17.6 Å². The van der Waals surface area contributed by atoms with Gasteiger partial charge < -0.3 is 14.7 Å². The van der Waals surface area contributed by atoms with E-state index in [-0.39, 0.29) is 11.9 Å². The molecule has 132 valence electrons. The molecule has 2 aromatic heterocycles. The van der Waals surface area contributed by atoms with Crippen molar-refractivity contribution in [3.05, 3.63) is 48.3 Å². The average Bonchev–Trinajstić information content (AvgIpc) is 3.14. The Morgan fingerprint density at radius 3 is 2.52 bits per heavy atom. The van der Waals surface area contributed by atoms with Gasteiger partial charge >= 0.3 is 0 Å². The number of rotatable bonds is 5. The summed E-state index contributed by atoms with van der Waals surface area (Å²) in [5.74, 6) is 1.73. The van der Waals surface area contributed by atoms with E-state index in [2.05, 4.69) is 14.9 Å². The van der Waals surface area contributed by atoms with Gasteiger partial charge in [0.05, 0.1) is 18.5 Å². The van der Waals surface area contributed by atoms with Gasteiger partial charge in [0.25, 0.3) is 0 Å². The van der Waals surface area contributed by atoms with Crippen molar-refractivity contribution >= 4 is 0 Å². The molecule has 0 bridgehead atoms. The van der Waals surface area contributed by atoms with Crippen molar-refractivity contribution in [2.24, 2.45) is 11.8 Å². The third kappa shape index (κ3) is 3.90. The van der Waals surface area contributed by atoms with Gasteiger partial charge in [-0.25, -0.2) is 4.98 Å². The SMILES string of the molecule is Oc1ccc(CCN2C[C@H]3CC(Oc4ccc(F)nc4)C[C@H]3C2)nc1. The van der Waals surface area contributed by atoms with Gasteiger partial charge in [-0.15, -0.1) is 0 Å². The van der Waals surface area contributed by atoms with E-state index in [1.54, 1.807) is 12.1 Å². The number of hydrogen-bond acceptors (Lipinski definition) is 5. The van der Waals surface area contributed by atoms with E-state index in [0.717, 1.165) is 44.6 Å². The largest absolute Gasteiger partial charge is 0.506 e. The Morgan fingerprint density at radius 1 is 1.08 bits per heavy atom. The summed E-state index contributed by atoms with van der Waals surface area (Å²) in [6, 6.07) is 6.55. The van der Waals surface area contributed by atoms with E-state index in [9.17, 15) is 9.50 Å². The molecule has 5 nitrogen and oxygen atoms in total. The zero-order chi connectivity index (χ0) is 17.2. The molecule has 1 unspecified atom stereocenters. The summed E-state index contributed by atoms with van der Waals surface area (Å²) >= 11 is 0. The third-order valence-electron chi connectivity index (χ3n) is 5.28. The molecule has 4 rings (SSSR count). The molecule has 1 saturated heterocycles. The highest BCUT2D eigenvalue weighted by Crippen LogP contribution is 2.39. The van der Waals surface area contributed by atoms with Crippen LogP contribution in [0.1, 0.15) is 18.5 Å². The standard InChI is InChI=1S/C19H22FN3O2/c20-19-4-3-17(10-22-19)25-18-7-13-11-23(12-14(13)8-18)6-5-15-1-2-16(24)9-21-15/h1-4,9-10,13-14,18,24H,5-8,11-12H2/t13-,14+,18?. The molecule has 25 heavy (non-hydrogen) atoms. The number of pyridine rings is 2. The number of halogens is 1. The smallest absolute Gasteiger partial charge is 0.213 e. The van der Waals surface area contributed by atoms with Gasteiger partial charge in [-0.3, -0.25) is 4.98 Å². The van der Waals surface area contributed by atoms with Crippen LogP contribution in [0.4, 0.5) is 4.39 Å². The Hall–Kier alpha value is -2.21. The molecule has 1 aliphatic heterocycles. The van der Waals surface area contributed by atoms with Crippen LogP contribution >= 0.6 is 0 Å². The first kappa shape index (κ1) is 16.3. The van der Waals surface area contributed by atoms with Crippen molar-refractivity contribution in [2.45, 2.75) is 25.4 Å². The Kier molecular flexibility index (Phi) is 4.53. The van der Waals surface area contributed by atoms with Crippen LogP contribution in [-0.4, -0.2) is 45.7 Å². The summed E-state index contributed by atoms with van der Waals surface area (Å²) in [5, 5.41) is 9.28. The molecule has 0 spiro atoms. The predicted octanol–water partition coefficient (Wildman–Crippen LogP) is 2.65. The highest BCUT2D eigenvalue weighted by Gasteiger charge is 2.41. The maximum absolute atomic E-state index is 12.9. The van der Waals surface area contributed by atoms with Crippen molar-refractivity contribution < 1.29 is 14.2 Å². The topological polar surface area (TPSA) is 58.5 Å². The maximum Gasteiger partial charge on any atom is 0.213 e. The molecule has 0 radical (unpaired) electrons. The van der Waals surface area contributed by atoms with Crippen LogP contribution in [0.25, 0.3) is 0 Å². The fourth-order valence-corrected chi connectivity index (χ4v) is 4.08. The van der Waals surface area contributed by atoms with Gasteiger partial charge in [0.1, 0.15) is 11.5 Å². The van der Waals surface area contributed by atoms with Gasteiger partial charge in [0.2, 0.25) is 5.95 Å². The Labute approximate surface area is 146 Å². The highest BCUT2D eigenvalue weighted by molar-refractivity contribution is 5.18. The molecule has 1 aliphatic carbocycles. The quantitative estimate of drug-likeness (QED) is 0.846. The van der Waals surface area contributed by atoms with Gasteiger partial charge in [0.15, 0.2) is 0 Å². The molecule has 1 saturated carbocycles.